The van der Waals surface area contributed by atoms with Crippen LogP contribution in [-0.4, -0.2) is 9.97 Å². The van der Waals surface area contributed by atoms with Gasteiger partial charge in [0.1, 0.15) is 5.58 Å². The summed E-state index contributed by atoms with van der Waals surface area (Å²) in [5.74, 6) is -0.841. The van der Waals surface area contributed by atoms with Crippen LogP contribution in [0.1, 0.15) is 35.0 Å². The number of para-hydroxylation sites is 1. The average Bonchev–Trinajstić information content (AvgIpc) is 3.54. The van der Waals surface area contributed by atoms with E-state index in [2.05, 4.69) is 22.1 Å². The Morgan fingerprint density at radius 2 is 1.49 bits per heavy atom. The Hall–Kier alpha value is -5.15. The molecule has 0 spiro atoms. The van der Waals surface area contributed by atoms with Crippen LogP contribution < -0.4 is 0 Å². The van der Waals surface area contributed by atoms with Crippen molar-refractivity contribution in [3.8, 4) is 33.6 Å². The Morgan fingerprint density at radius 1 is 0.723 bits per heavy atom. The van der Waals surface area contributed by atoms with Gasteiger partial charge in [0, 0.05) is 48.9 Å². The van der Waals surface area contributed by atoms with Gasteiger partial charge in [-0.05, 0) is 53.0 Å². The van der Waals surface area contributed by atoms with E-state index in [4.69, 9.17) is 9.90 Å². The van der Waals surface area contributed by atoms with Gasteiger partial charge in [0.15, 0.2) is 0 Å². The Kier molecular flexibility index (Phi) is 8.34. The zero-order chi connectivity index (χ0) is 34.7. The maximum absolute atomic E-state index is 8.85. The van der Waals surface area contributed by atoms with Crippen molar-refractivity contribution >= 4 is 21.9 Å². The Morgan fingerprint density at radius 3 is 2.28 bits per heavy atom. The van der Waals surface area contributed by atoms with E-state index in [1.165, 1.54) is 0 Å². The van der Waals surface area contributed by atoms with Crippen LogP contribution in [-0.2, 0) is 20.1 Å². The van der Waals surface area contributed by atoms with Crippen LogP contribution in [0, 0.1) is 19.0 Å². The third-order valence-corrected chi connectivity index (χ3v) is 7.96. The molecule has 0 aliphatic heterocycles. The normalized spacial score (nSPS) is 13.6. The van der Waals surface area contributed by atoms with Crippen LogP contribution in [0.25, 0.3) is 55.6 Å². The number of pyridine rings is 2. The second kappa shape index (κ2) is 14.5. The summed E-state index contributed by atoms with van der Waals surface area (Å²) in [5, 5.41) is 1.97. The SMILES string of the molecule is [2H]C(C)(c1ccccc1)c1ccc[c-]c1-c1ccccn1.[2H]C([2H])([2H])c1cc(-c2[c-]cc3oc4ccccc4c3c2)ncc1-c1ccccc1.[Ir]. The Labute approximate surface area is 295 Å². The molecule has 1 atom stereocenters. The number of fused-ring (bicyclic) bond motifs is 3. The van der Waals surface area contributed by atoms with E-state index < -0.39 is 12.7 Å². The predicted octanol–water partition coefficient (Wildman–Crippen LogP) is 11.1. The first kappa shape index (κ1) is 27.0. The molecule has 8 aromatic rings. The molecule has 5 aromatic carbocycles. The number of rotatable bonds is 5. The fraction of sp³-hybridized carbons (Fsp3) is 0.0698. The minimum absolute atomic E-state index is 0. The van der Waals surface area contributed by atoms with Crippen molar-refractivity contribution < 1.29 is 30.0 Å². The number of aryl methyl sites for hydroxylation is 1. The van der Waals surface area contributed by atoms with E-state index in [1.807, 2.05) is 134 Å². The van der Waals surface area contributed by atoms with Gasteiger partial charge in [-0.15, -0.1) is 59.2 Å². The molecule has 1 radical (unpaired) electrons. The summed E-state index contributed by atoms with van der Waals surface area (Å²) in [6, 6.07) is 50.6. The first-order valence-corrected chi connectivity index (χ1v) is 15.1. The van der Waals surface area contributed by atoms with E-state index in [-0.39, 0.29) is 25.7 Å². The maximum atomic E-state index is 8.85. The smallest absolute Gasteiger partial charge is 0.120 e. The van der Waals surface area contributed by atoms with Crippen LogP contribution in [0.15, 0.2) is 156 Å². The van der Waals surface area contributed by atoms with Crippen molar-refractivity contribution in [2.75, 3.05) is 0 Å². The number of benzene rings is 5. The average molecular weight is 789 g/mol. The molecule has 0 aliphatic rings. The van der Waals surface area contributed by atoms with Crippen LogP contribution in [0.3, 0.4) is 0 Å². The van der Waals surface area contributed by atoms with E-state index in [0.717, 1.165) is 55.4 Å². The zero-order valence-electron chi connectivity index (χ0n) is 29.6. The maximum Gasteiger partial charge on any atom is 0.120 e. The van der Waals surface area contributed by atoms with Gasteiger partial charge in [0.05, 0.1) is 5.58 Å². The fourth-order valence-electron chi connectivity index (χ4n) is 5.58. The number of furan rings is 1. The predicted molar refractivity (Wildman–Crippen MR) is 188 cm³/mol. The summed E-state index contributed by atoms with van der Waals surface area (Å²) < 4.78 is 38.8. The van der Waals surface area contributed by atoms with Gasteiger partial charge >= 0.3 is 0 Å². The van der Waals surface area contributed by atoms with Crippen LogP contribution in [0.5, 0.6) is 0 Å². The quantitative estimate of drug-likeness (QED) is 0.163. The molecule has 0 saturated heterocycles. The molecule has 1 unspecified atom stereocenters. The van der Waals surface area contributed by atoms with E-state index >= 15 is 0 Å². The van der Waals surface area contributed by atoms with Crippen molar-refractivity contribution in [3.05, 3.63) is 181 Å². The molecule has 3 heterocycles. The molecule has 8 rings (SSSR count). The van der Waals surface area contributed by atoms with Crippen molar-refractivity contribution in [3.63, 3.8) is 0 Å². The number of hydrogen-bond acceptors (Lipinski definition) is 3. The molecule has 3 nitrogen and oxygen atoms in total. The largest absolute Gasteiger partial charge is 0.500 e. The topological polar surface area (TPSA) is 38.9 Å². The molecule has 0 N–H and O–H groups in total. The van der Waals surface area contributed by atoms with E-state index in [9.17, 15) is 0 Å². The molecule has 0 fully saturated rings. The van der Waals surface area contributed by atoms with Crippen molar-refractivity contribution in [2.24, 2.45) is 0 Å². The molecule has 0 saturated carbocycles. The molecule has 0 amide bonds. The molecular formula is C43H32IrN2O-2. The summed E-state index contributed by atoms with van der Waals surface area (Å²) in [5.41, 5.74) is 8.19. The first-order chi connectivity index (χ1) is 24.2. The third-order valence-electron chi connectivity index (χ3n) is 7.96. The van der Waals surface area contributed by atoms with Gasteiger partial charge in [-0.1, -0.05) is 109 Å². The molecule has 3 aromatic heterocycles. The van der Waals surface area contributed by atoms with Gasteiger partial charge in [-0.25, -0.2) is 0 Å². The molecule has 0 bridgehead atoms. The van der Waals surface area contributed by atoms with Crippen molar-refractivity contribution in [1.82, 2.24) is 9.97 Å². The summed E-state index contributed by atoms with van der Waals surface area (Å²) in [6.07, 6.45) is 3.40. The minimum atomic E-state index is -2.25. The van der Waals surface area contributed by atoms with E-state index in [1.54, 1.807) is 24.5 Å². The van der Waals surface area contributed by atoms with Crippen LogP contribution in [0.2, 0.25) is 0 Å². The minimum Gasteiger partial charge on any atom is -0.500 e. The molecule has 47 heavy (non-hydrogen) atoms. The van der Waals surface area contributed by atoms with Gasteiger partial charge in [0.25, 0.3) is 0 Å². The summed E-state index contributed by atoms with van der Waals surface area (Å²) in [6.45, 7) is -0.340. The van der Waals surface area contributed by atoms with Gasteiger partial charge in [0.2, 0.25) is 0 Å². The van der Waals surface area contributed by atoms with Crippen molar-refractivity contribution in [1.29, 1.82) is 0 Å². The van der Waals surface area contributed by atoms with Gasteiger partial charge in [-0.2, -0.15) is 0 Å². The standard InChI is InChI=1S/C24H16NO.C19H16N.Ir/c1-16-13-22(25-15-21(16)17-7-3-2-4-8-17)18-11-12-24-20(14-18)19-9-5-6-10-23(19)26-24;1-15(16-9-3-2-4-10-16)17-11-5-6-12-18(17)19-13-7-8-14-20-19;/h2-10,12-15H,1H3;2-11,13-15H,1H3;/q2*-1;/i1D3;15D;. The number of nitrogens with zero attached hydrogens (tertiary/aromatic N) is 2. The molecule has 4 heteroatoms. The van der Waals surface area contributed by atoms with Gasteiger partial charge < -0.3 is 14.4 Å². The second-order valence-electron chi connectivity index (χ2n) is 10.9. The van der Waals surface area contributed by atoms with Crippen LogP contribution >= 0.6 is 0 Å². The Bertz CT molecular complexity index is 2390. The van der Waals surface area contributed by atoms with Crippen LogP contribution in [0.4, 0.5) is 0 Å². The zero-order valence-corrected chi connectivity index (χ0v) is 28.0. The Balaban J connectivity index is 0.000000181. The number of aromatic nitrogens is 2. The number of hydrogen-bond donors (Lipinski definition) is 0. The first-order valence-electron chi connectivity index (χ1n) is 17.1. The van der Waals surface area contributed by atoms with Gasteiger partial charge in [-0.3, -0.25) is 0 Å². The monoisotopic (exact) mass is 789 g/mol. The summed E-state index contributed by atoms with van der Waals surface area (Å²) >= 11 is 0. The molecule has 231 valence electrons. The summed E-state index contributed by atoms with van der Waals surface area (Å²) in [4.78, 5) is 8.96. The second-order valence-corrected chi connectivity index (χ2v) is 10.9. The molecule has 0 aliphatic carbocycles. The van der Waals surface area contributed by atoms with Crippen molar-refractivity contribution in [2.45, 2.75) is 19.7 Å². The third kappa shape index (κ3) is 6.85. The van der Waals surface area contributed by atoms with E-state index in [0.29, 0.717) is 11.3 Å². The fourth-order valence-corrected chi connectivity index (χ4v) is 5.58. The summed E-state index contributed by atoms with van der Waals surface area (Å²) in [7, 11) is 0. The molecular weight excluding hydrogens is 753 g/mol.